The van der Waals surface area contributed by atoms with Crippen molar-refractivity contribution in [3.8, 4) is 0 Å². The maximum Gasteiger partial charge on any atom is 0.237 e. The van der Waals surface area contributed by atoms with Crippen molar-refractivity contribution in [1.29, 1.82) is 0 Å². The van der Waals surface area contributed by atoms with Crippen molar-refractivity contribution >= 4 is 5.91 Å². The first-order chi connectivity index (χ1) is 9.02. The number of aliphatic hydroxyl groups excluding tert-OH is 1. The molecule has 1 aromatic rings. The highest BCUT2D eigenvalue weighted by molar-refractivity contribution is 5.83. The van der Waals surface area contributed by atoms with Gasteiger partial charge in [0.05, 0.1) is 6.04 Å². The fourth-order valence-corrected chi connectivity index (χ4v) is 2.56. The highest BCUT2D eigenvalue weighted by Crippen LogP contribution is 2.20. The van der Waals surface area contributed by atoms with Gasteiger partial charge in [-0.1, -0.05) is 0 Å². The number of carbonyl (C=O) groups excluding carboxylic acids is 1. The van der Waals surface area contributed by atoms with E-state index in [9.17, 15) is 4.79 Å². The van der Waals surface area contributed by atoms with E-state index in [-0.39, 0.29) is 24.1 Å². The Bertz CT molecular complexity index is 434. The zero-order chi connectivity index (χ0) is 13.9. The molecule has 19 heavy (non-hydrogen) atoms. The van der Waals surface area contributed by atoms with Crippen LogP contribution in [0.25, 0.3) is 0 Å². The Morgan fingerprint density at radius 3 is 2.79 bits per heavy atom. The summed E-state index contributed by atoms with van der Waals surface area (Å²) in [5.74, 6) is -0.000596. The average Bonchev–Trinajstić information content (AvgIpc) is 2.34. The van der Waals surface area contributed by atoms with Gasteiger partial charge in [-0.15, -0.1) is 0 Å². The van der Waals surface area contributed by atoms with Gasteiger partial charge >= 0.3 is 0 Å². The van der Waals surface area contributed by atoms with Crippen LogP contribution in [0.4, 0.5) is 0 Å². The van der Waals surface area contributed by atoms with Crippen molar-refractivity contribution in [2.24, 2.45) is 0 Å². The van der Waals surface area contributed by atoms with Crippen LogP contribution in [0.1, 0.15) is 25.8 Å². The van der Waals surface area contributed by atoms with E-state index < -0.39 is 0 Å². The van der Waals surface area contributed by atoms with Gasteiger partial charge in [-0.05, 0) is 38.0 Å². The van der Waals surface area contributed by atoms with E-state index in [2.05, 4.69) is 15.2 Å². The van der Waals surface area contributed by atoms with E-state index in [0.29, 0.717) is 13.0 Å². The van der Waals surface area contributed by atoms with Crippen LogP contribution in [0, 0.1) is 0 Å². The molecule has 1 unspecified atom stereocenters. The molecule has 104 valence electrons. The molecule has 0 aromatic carbocycles. The summed E-state index contributed by atoms with van der Waals surface area (Å²) < 4.78 is 0. The zero-order valence-electron chi connectivity index (χ0n) is 11.5. The second-order valence-corrected chi connectivity index (χ2v) is 5.66. The van der Waals surface area contributed by atoms with E-state index in [1.807, 2.05) is 26.0 Å². The van der Waals surface area contributed by atoms with Crippen LogP contribution in [-0.2, 0) is 11.3 Å². The molecular weight excluding hydrogens is 242 g/mol. The Morgan fingerprint density at radius 1 is 1.47 bits per heavy atom. The molecular formula is C14H21N3O2. The van der Waals surface area contributed by atoms with Gasteiger partial charge < -0.3 is 10.4 Å². The molecule has 0 spiro atoms. The summed E-state index contributed by atoms with van der Waals surface area (Å²) in [5, 5.41) is 12.1. The monoisotopic (exact) mass is 263 g/mol. The minimum absolute atomic E-state index is 0.000596. The van der Waals surface area contributed by atoms with E-state index in [4.69, 9.17) is 5.11 Å². The van der Waals surface area contributed by atoms with Gasteiger partial charge in [-0.3, -0.25) is 14.7 Å². The van der Waals surface area contributed by atoms with Gasteiger partial charge in [0.1, 0.15) is 0 Å². The van der Waals surface area contributed by atoms with E-state index in [1.165, 1.54) is 0 Å². The van der Waals surface area contributed by atoms with Crippen LogP contribution in [0.15, 0.2) is 24.5 Å². The van der Waals surface area contributed by atoms with Crippen molar-refractivity contribution in [2.45, 2.75) is 38.4 Å². The van der Waals surface area contributed by atoms with Crippen LogP contribution < -0.4 is 5.32 Å². The highest BCUT2D eigenvalue weighted by atomic mass is 16.3. The lowest BCUT2D eigenvalue weighted by atomic mass is 9.96. The predicted octanol–water partition coefficient (Wildman–Crippen LogP) is 0.543. The normalized spacial score (nSPS) is 23.1. The second-order valence-electron chi connectivity index (χ2n) is 5.66. The highest BCUT2D eigenvalue weighted by Gasteiger charge is 2.37. The molecule has 0 aliphatic carbocycles. The third kappa shape index (κ3) is 3.52. The topological polar surface area (TPSA) is 65.5 Å². The van der Waals surface area contributed by atoms with Gasteiger partial charge in [-0.2, -0.15) is 0 Å². The van der Waals surface area contributed by atoms with Gasteiger partial charge in [0.15, 0.2) is 0 Å². The molecule has 1 saturated heterocycles. The maximum atomic E-state index is 12.1. The number of pyridine rings is 1. The summed E-state index contributed by atoms with van der Waals surface area (Å²) in [7, 11) is 0. The van der Waals surface area contributed by atoms with Crippen LogP contribution in [0.5, 0.6) is 0 Å². The van der Waals surface area contributed by atoms with Crippen molar-refractivity contribution in [1.82, 2.24) is 15.2 Å². The smallest absolute Gasteiger partial charge is 0.237 e. The van der Waals surface area contributed by atoms with Crippen molar-refractivity contribution in [3.05, 3.63) is 30.1 Å². The van der Waals surface area contributed by atoms with E-state index in [0.717, 1.165) is 12.1 Å². The second kappa shape index (κ2) is 5.67. The van der Waals surface area contributed by atoms with Gasteiger partial charge in [0, 0.05) is 37.6 Å². The number of aromatic nitrogens is 1. The Labute approximate surface area is 113 Å². The Balaban J connectivity index is 2.15. The number of rotatable bonds is 4. The number of nitrogens with zero attached hydrogens (tertiary/aromatic N) is 2. The third-order valence-corrected chi connectivity index (χ3v) is 3.34. The standard InChI is InChI=1S/C14H21N3O2/c1-14(2)10-17(9-11-3-6-15-7-4-11)12(5-8-18)13(19)16-14/h3-4,6-7,12,18H,5,8-10H2,1-2H3,(H,16,19). The Kier molecular flexibility index (Phi) is 4.17. The van der Waals surface area contributed by atoms with E-state index in [1.54, 1.807) is 12.4 Å². The Morgan fingerprint density at radius 2 is 2.16 bits per heavy atom. The average molecular weight is 263 g/mol. The number of hydrogen-bond donors (Lipinski definition) is 2. The molecule has 0 bridgehead atoms. The van der Waals surface area contributed by atoms with Crippen molar-refractivity contribution in [3.63, 3.8) is 0 Å². The number of hydrogen-bond acceptors (Lipinski definition) is 4. The molecule has 2 N–H and O–H groups in total. The molecule has 1 aliphatic rings. The summed E-state index contributed by atoms with van der Waals surface area (Å²) in [4.78, 5) is 18.3. The molecule has 1 aromatic heterocycles. The quantitative estimate of drug-likeness (QED) is 0.832. The predicted molar refractivity (Wildman–Crippen MR) is 72.4 cm³/mol. The fraction of sp³-hybridized carbons (Fsp3) is 0.571. The fourth-order valence-electron chi connectivity index (χ4n) is 2.56. The molecule has 5 nitrogen and oxygen atoms in total. The SMILES string of the molecule is CC1(C)CN(Cc2ccncc2)C(CCO)C(=O)N1. The molecule has 1 fully saturated rings. The van der Waals surface area contributed by atoms with Gasteiger partial charge in [-0.25, -0.2) is 0 Å². The molecule has 0 saturated carbocycles. The summed E-state index contributed by atoms with van der Waals surface area (Å²) >= 11 is 0. The summed E-state index contributed by atoms with van der Waals surface area (Å²) in [6, 6.07) is 3.65. The summed E-state index contributed by atoms with van der Waals surface area (Å²) in [6.45, 7) is 5.51. The van der Waals surface area contributed by atoms with Crippen LogP contribution in [-0.4, -0.2) is 45.6 Å². The summed E-state index contributed by atoms with van der Waals surface area (Å²) in [5.41, 5.74) is 0.888. The van der Waals surface area contributed by atoms with Gasteiger partial charge in [0.2, 0.25) is 5.91 Å². The van der Waals surface area contributed by atoms with Crippen LogP contribution in [0.3, 0.4) is 0 Å². The lowest BCUT2D eigenvalue weighted by molar-refractivity contribution is -0.134. The van der Waals surface area contributed by atoms with Crippen LogP contribution in [0.2, 0.25) is 0 Å². The number of amides is 1. The first-order valence-electron chi connectivity index (χ1n) is 6.58. The zero-order valence-corrected chi connectivity index (χ0v) is 11.5. The number of aliphatic hydroxyl groups is 1. The lowest BCUT2D eigenvalue weighted by Crippen LogP contribution is -2.64. The van der Waals surface area contributed by atoms with Gasteiger partial charge in [0.25, 0.3) is 0 Å². The molecule has 1 aliphatic heterocycles. The molecule has 1 atom stereocenters. The first-order valence-corrected chi connectivity index (χ1v) is 6.58. The maximum absolute atomic E-state index is 12.1. The molecule has 2 heterocycles. The third-order valence-electron chi connectivity index (χ3n) is 3.34. The minimum Gasteiger partial charge on any atom is -0.396 e. The lowest BCUT2D eigenvalue weighted by Gasteiger charge is -2.43. The number of piperazine rings is 1. The largest absolute Gasteiger partial charge is 0.396 e. The molecule has 5 heteroatoms. The van der Waals surface area contributed by atoms with Crippen molar-refractivity contribution < 1.29 is 9.90 Å². The number of carbonyl (C=O) groups is 1. The minimum atomic E-state index is -0.258. The Hall–Kier alpha value is -1.46. The first kappa shape index (κ1) is 14.0. The van der Waals surface area contributed by atoms with E-state index >= 15 is 0 Å². The number of nitrogens with one attached hydrogen (secondary N) is 1. The van der Waals surface area contributed by atoms with Crippen molar-refractivity contribution in [2.75, 3.05) is 13.2 Å². The summed E-state index contributed by atoms with van der Waals surface area (Å²) in [6.07, 6.45) is 3.98. The van der Waals surface area contributed by atoms with Crippen LogP contribution >= 0.6 is 0 Å². The molecule has 1 amide bonds. The molecule has 0 radical (unpaired) electrons. The molecule has 2 rings (SSSR count).